The van der Waals surface area contributed by atoms with Gasteiger partial charge in [0.2, 0.25) is 39.2 Å². The van der Waals surface area contributed by atoms with Crippen molar-refractivity contribution < 1.29 is 161 Å². The third-order valence-electron chi connectivity index (χ3n) is 11.6. The summed E-state index contributed by atoms with van der Waals surface area (Å²) < 4.78 is 28.0. The number of hydrogen-bond acceptors (Lipinski definition) is 18. The molecule has 2 aromatic carbocycles. The molecule has 3 radical (unpaired) electrons. The van der Waals surface area contributed by atoms with Crippen LogP contribution in [0.4, 0.5) is 38.4 Å². The third kappa shape index (κ3) is 24.9. The monoisotopic (exact) mass is 1780 g/mol. The van der Waals surface area contributed by atoms with Gasteiger partial charge in [0.05, 0.1) is 36.1 Å². The van der Waals surface area contributed by atoms with E-state index in [9.17, 15) is 29.8 Å². The number of hydrogen-bond donors (Lipinski definition) is 1. The summed E-state index contributed by atoms with van der Waals surface area (Å²) in [6, 6.07) is 14.6. The van der Waals surface area contributed by atoms with Gasteiger partial charge >= 0.3 is 23.6 Å². The summed E-state index contributed by atoms with van der Waals surface area (Å²) in [5, 5.41) is 23.5. The number of ether oxygens (including phenoxy) is 3. The Labute approximate surface area is 547 Å². The van der Waals surface area contributed by atoms with Gasteiger partial charge in [-0.2, -0.15) is 15.0 Å². The van der Waals surface area contributed by atoms with Gasteiger partial charge in [-0.1, -0.05) is 101 Å². The molecule has 20 nitrogen and oxygen atoms in total. The second-order valence-corrected chi connectivity index (χ2v) is 30.2. The number of amides is 2. The predicted octanol–water partition coefficient (Wildman–Crippen LogP) is 12.3. The topological polar surface area (TPSA) is 251 Å². The molecule has 31 heteroatoms. The van der Waals surface area contributed by atoms with E-state index < -0.39 is 50.0 Å². The summed E-state index contributed by atoms with van der Waals surface area (Å²) in [4.78, 5) is 66.2. The van der Waals surface area contributed by atoms with Crippen molar-refractivity contribution in [1.82, 2.24) is 19.9 Å². The summed E-state index contributed by atoms with van der Waals surface area (Å²) in [6.07, 6.45) is 4.41. The van der Waals surface area contributed by atoms with Crippen LogP contribution in [0.15, 0.2) is 58.8 Å². The Balaban J connectivity index is -0.000000589. The zero-order chi connectivity index (χ0) is 53.5. The standard InChI is InChI=1S/C21H29ClN4O5SSi.C21H31N5O5SSi.C4H8O.3V.3W/c2*1-8-30-20(27)25(18-16(26(28)29)17(22)23-19(24-18)32-5)13-14-10-9-11-15(12-14)31-33(6,7)21(2,3)4;1-2-4-5-3-1;;;;;;/h9-12H,8,13H2,1-7H3;9-12H,8,13H2,1-7H3,(H2,22,23,24);1-4H2;;;;;;. The molecule has 0 unspecified atom stereocenters. The molecule has 5 rings (SSSR count). The number of thioether (sulfide) groups is 2. The van der Waals surface area contributed by atoms with Crippen LogP contribution in [-0.2, 0) is 146 Å². The fourth-order valence-electron chi connectivity index (χ4n) is 5.77. The molecular weight excluding hydrogens is 1710 g/mol. The maximum absolute atomic E-state index is 12.8. The maximum atomic E-state index is 12.8. The predicted molar refractivity (Wildman–Crippen MR) is 285 cm³/mol. The Bertz CT molecular complexity index is 2340. The summed E-state index contributed by atoms with van der Waals surface area (Å²) >= 11 is 8.39. The van der Waals surface area contributed by atoms with Gasteiger partial charge in [0, 0.05) is 132 Å². The summed E-state index contributed by atoms with van der Waals surface area (Å²) in [5.74, 6) is 0.579. The first kappa shape index (κ1) is 82.0. The number of aromatic nitrogens is 4. The van der Waals surface area contributed by atoms with Gasteiger partial charge in [-0.3, -0.25) is 30.0 Å². The maximum Gasteiger partial charge on any atom is 0.415 e. The van der Waals surface area contributed by atoms with Crippen molar-refractivity contribution in [2.45, 2.75) is 128 Å². The molecule has 423 valence electrons. The average molecular weight is 1780 g/mol. The third-order valence-corrected chi connectivity index (χ3v) is 21.6. The van der Waals surface area contributed by atoms with Crippen LogP contribution < -0.4 is 24.4 Å². The van der Waals surface area contributed by atoms with E-state index in [0.717, 1.165) is 46.5 Å². The molecule has 0 spiro atoms. The quantitative estimate of drug-likeness (QED) is 0.0273. The first-order valence-electron chi connectivity index (χ1n) is 22.7. The van der Waals surface area contributed by atoms with Crippen LogP contribution in [0.3, 0.4) is 0 Å². The molecule has 0 bridgehead atoms. The Kier molecular flexibility index (Phi) is 40.1. The molecule has 2 aromatic heterocycles. The molecule has 1 aliphatic heterocycles. The molecule has 1 aliphatic rings. The van der Waals surface area contributed by atoms with E-state index in [0.29, 0.717) is 22.6 Å². The number of nitrogen functional groups attached to an aromatic ring is 1. The van der Waals surface area contributed by atoms with Crippen LogP contribution in [0.1, 0.15) is 79.4 Å². The first-order chi connectivity index (χ1) is 33.1. The number of nitrogens with zero attached hydrogens (tertiary/aromatic N) is 8. The molecular formula is C46H68ClN9O11S2Si2V3W3. The van der Waals surface area contributed by atoms with Crippen molar-refractivity contribution in [2.24, 2.45) is 0 Å². The minimum absolute atomic E-state index is 0. The summed E-state index contributed by atoms with van der Waals surface area (Å²) in [6.45, 7) is 26.9. The Morgan fingerprint density at radius 1 is 0.688 bits per heavy atom. The van der Waals surface area contributed by atoms with E-state index in [1.54, 1.807) is 38.5 Å². The molecule has 4 aromatic rings. The van der Waals surface area contributed by atoms with Gasteiger partial charge in [-0.15, -0.1) is 0 Å². The second-order valence-electron chi connectivity index (χ2n) is 18.9. The van der Waals surface area contributed by atoms with Gasteiger partial charge in [0.15, 0.2) is 10.3 Å². The molecule has 2 N–H and O–H groups in total. The number of benzene rings is 2. The minimum Gasteiger partial charge on any atom is -0.543 e. The zero-order valence-corrected chi connectivity index (χ0v) is 63.1. The second kappa shape index (κ2) is 37.6. The van der Waals surface area contributed by atoms with Gasteiger partial charge in [0.25, 0.3) is 0 Å². The van der Waals surface area contributed by atoms with E-state index in [-0.39, 0.29) is 188 Å². The van der Waals surface area contributed by atoms with Crippen LogP contribution in [-0.4, -0.2) is 97.5 Å². The van der Waals surface area contributed by atoms with Crippen molar-refractivity contribution in [3.63, 3.8) is 0 Å². The fraction of sp³-hybridized carbons (Fsp3) is 0.522. The number of carbonyl (C=O) groups is 2. The van der Waals surface area contributed by atoms with Crippen molar-refractivity contribution in [1.29, 1.82) is 0 Å². The molecule has 0 aliphatic carbocycles. The first-order valence-corrected chi connectivity index (χ1v) is 31.4. The zero-order valence-electron chi connectivity index (χ0n) is 45.7. The van der Waals surface area contributed by atoms with Gasteiger partial charge in [0.1, 0.15) is 11.5 Å². The van der Waals surface area contributed by atoms with Crippen LogP contribution in [0.5, 0.6) is 11.5 Å². The fourth-order valence-corrected chi connectivity index (χ4v) is 8.82. The summed E-state index contributed by atoms with van der Waals surface area (Å²) in [5.41, 5.74) is 6.11. The molecule has 1 fully saturated rings. The molecule has 1 saturated heterocycles. The van der Waals surface area contributed by atoms with E-state index in [2.05, 4.69) is 87.7 Å². The van der Waals surface area contributed by atoms with Crippen LogP contribution >= 0.6 is 35.1 Å². The van der Waals surface area contributed by atoms with Gasteiger partial charge < -0.3 is 28.8 Å². The van der Waals surface area contributed by atoms with E-state index in [4.69, 9.17) is 40.4 Å². The van der Waals surface area contributed by atoms with Crippen molar-refractivity contribution in [3.05, 3.63) is 85.0 Å². The molecule has 77 heavy (non-hydrogen) atoms. The van der Waals surface area contributed by atoms with E-state index >= 15 is 0 Å². The number of nitro groups is 2. The SMILES string of the molecule is C1CCOC1.CCOC(=O)N(Cc1cccc(O[Si](C)(C)C(C)(C)C)c1)c1nc(SC)nc(Cl)c1[N+](=O)[O-].CCOC(=O)N(Cc1cccc(O[Si](C)(C)C(C)(C)C)c1)c1nc(SC)nc(N)c1[N+](=O)[O-].[V].[V].[V].[W].[W].[W]. The van der Waals surface area contributed by atoms with Gasteiger partial charge in [-0.25, -0.2) is 14.6 Å². The van der Waals surface area contributed by atoms with Crippen LogP contribution in [0, 0.1) is 20.2 Å². The van der Waals surface area contributed by atoms with Crippen LogP contribution in [0.25, 0.3) is 0 Å². The smallest absolute Gasteiger partial charge is 0.415 e. The molecule has 0 atom stereocenters. The van der Waals surface area contributed by atoms with Crippen molar-refractivity contribution in [3.8, 4) is 11.5 Å². The van der Waals surface area contributed by atoms with Gasteiger partial charge in [-0.05, 0) is 111 Å². The number of halogens is 1. The van der Waals surface area contributed by atoms with Crippen molar-refractivity contribution >= 4 is 92.8 Å². The van der Waals surface area contributed by atoms with E-state index in [1.807, 2.05) is 36.4 Å². The number of carbonyl (C=O) groups excluding carboxylic acids is 2. The van der Waals surface area contributed by atoms with E-state index in [1.165, 1.54) is 12.8 Å². The molecule has 2 amide bonds. The number of rotatable bonds is 16. The summed E-state index contributed by atoms with van der Waals surface area (Å²) in [7, 11) is -4.17. The molecule has 0 saturated carbocycles. The largest absolute Gasteiger partial charge is 0.543 e. The van der Waals surface area contributed by atoms with Crippen LogP contribution in [0.2, 0.25) is 41.4 Å². The van der Waals surface area contributed by atoms with Crippen molar-refractivity contribution in [2.75, 3.05) is 54.5 Å². The molecule has 3 heterocycles. The average Bonchev–Trinajstić information content (AvgIpc) is 3.87. The number of nitrogens with two attached hydrogens (primary N) is 1. The normalized spacial score (nSPS) is 11.6. The minimum atomic E-state index is -2.09. The Hall–Kier alpha value is -1.46. The Morgan fingerprint density at radius 2 is 1.05 bits per heavy atom. The number of anilines is 3. The Morgan fingerprint density at radius 3 is 1.36 bits per heavy atom.